The molecule has 0 saturated heterocycles. The van der Waals surface area contributed by atoms with E-state index in [4.69, 9.17) is 14.2 Å². The molecule has 0 unspecified atom stereocenters. The lowest BCUT2D eigenvalue weighted by atomic mass is 10.0. The van der Waals surface area contributed by atoms with Crippen LogP contribution >= 0.6 is 0 Å². The Morgan fingerprint density at radius 1 is 0.352 bits per heavy atom. The van der Waals surface area contributed by atoms with E-state index in [9.17, 15) is 14.4 Å². The fourth-order valence-corrected chi connectivity index (χ4v) is 7.16. The highest BCUT2D eigenvalue weighted by Crippen LogP contribution is 2.16. The molecule has 0 aromatic rings. The first-order chi connectivity index (χ1) is 26.4. The van der Waals surface area contributed by atoms with Gasteiger partial charge in [-0.15, -0.1) is 0 Å². The average Bonchev–Trinajstić information content (AvgIpc) is 3.15. The van der Waals surface area contributed by atoms with Crippen LogP contribution in [0.5, 0.6) is 0 Å². The maximum Gasteiger partial charge on any atom is 0.306 e. The maximum absolute atomic E-state index is 12.7. The van der Waals surface area contributed by atoms with Gasteiger partial charge in [0.1, 0.15) is 13.2 Å². The fourth-order valence-electron chi connectivity index (χ4n) is 7.16. The molecule has 0 aromatic carbocycles. The Hall–Kier alpha value is -1.59. The van der Waals surface area contributed by atoms with Gasteiger partial charge in [0.25, 0.3) is 0 Å². The van der Waals surface area contributed by atoms with Crippen LogP contribution in [0, 0.1) is 5.92 Å². The lowest BCUT2D eigenvalue weighted by Gasteiger charge is -2.18. The van der Waals surface area contributed by atoms with E-state index in [2.05, 4.69) is 27.7 Å². The third-order valence-electron chi connectivity index (χ3n) is 10.8. The topological polar surface area (TPSA) is 78.9 Å². The van der Waals surface area contributed by atoms with E-state index in [1.54, 1.807) is 0 Å². The summed E-state index contributed by atoms with van der Waals surface area (Å²) in [5.74, 6) is -0.0952. The molecule has 1 atom stereocenters. The van der Waals surface area contributed by atoms with Crippen LogP contribution in [0.1, 0.15) is 265 Å². The van der Waals surface area contributed by atoms with E-state index >= 15 is 0 Å². The summed E-state index contributed by atoms with van der Waals surface area (Å²) in [6.45, 7) is 8.92. The van der Waals surface area contributed by atoms with Gasteiger partial charge in [0.2, 0.25) is 0 Å². The highest BCUT2D eigenvalue weighted by molar-refractivity contribution is 5.71. The summed E-state index contributed by atoms with van der Waals surface area (Å²) in [4.78, 5) is 37.7. The molecule has 320 valence electrons. The van der Waals surface area contributed by atoms with Crippen molar-refractivity contribution in [1.82, 2.24) is 0 Å². The number of rotatable bonds is 43. The van der Waals surface area contributed by atoms with Gasteiger partial charge in [-0.05, 0) is 25.2 Å². The summed E-state index contributed by atoms with van der Waals surface area (Å²) >= 11 is 0. The largest absolute Gasteiger partial charge is 0.462 e. The van der Waals surface area contributed by atoms with E-state index in [1.165, 1.54) is 161 Å². The Morgan fingerprint density at radius 3 is 0.907 bits per heavy atom. The van der Waals surface area contributed by atoms with Crippen LogP contribution in [0.25, 0.3) is 0 Å². The summed E-state index contributed by atoms with van der Waals surface area (Å²) in [7, 11) is 0. The van der Waals surface area contributed by atoms with Gasteiger partial charge in [-0.3, -0.25) is 14.4 Å². The van der Waals surface area contributed by atoms with Gasteiger partial charge >= 0.3 is 17.9 Å². The molecule has 0 aliphatic carbocycles. The highest BCUT2D eigenvalue weighted by Gasteiger charge is 2.19. The quantitative estimate of drug-likeness (QED) is 0.0349. The van der Waals surface area contributed by atoms with Crippen molar-refractivity contribution in [2.75, 3.05) is 13.2 Å². The zero-order valence-corrected chi connectivity index (χ0v) is 36.7. The maximum atomic E-state index is 12.7. The third-order valence-corrected chi connectivity index (χ3v) is 10.8. The van der Waals surface area contributed by atoms with Crippen molar-refractivity contribution >= 4 is 17.9 Å². The van der Waals surface area contributed by atoms with Crippen molar-refractivity contribution in [1.29, 1.82) is 0 Å². The first-order valence-corrected chi connectivity index (χ1v) is 23.9. The predicted molar refractivity (Wildman–Crippen MR) is 229 cm³/mol. The van der Waals surface area contributed by atoms with Crippen LogP contribution < -0.4 is 0 Å². The molecule has 0 heterocycles. The molecule has 0 radical (unpaired) electrons. The highest BCUT2D eigenvalue weighted by atomic mass is 16.6. The Morgan fingerprint density at radius 2 is 0.611 bits per heavy atom. The van der Waals surface area contributed by atoms with Gasteiger partial charge < -0.3 is 14.2 Å². The molecule has 54 heavy (non-hydrogen) atoms. The molecule has 0 spiro atoms. The Bertz CT molecular complexity index is 811. The smallest absolute Gasteiger partial charge is 0.306 e. The van der Waals surface area contributed by atoms with Crippen LogP contribution in [-0.4, -0.2) is 37.2 Å². The molecule has 0 aliphatic rings. The molecular weight excluding hydrogens is 673 g/mol. The summed E-state index contributed by atoms with van der Waals surface area (Å²) in [5.41, 5.74) is 0. The molecular formula is C48H92O6. The molecule has 0 rings (SSSR count). The van der Waals surface area contributed by atoms with Crippen LogP contribution in [0.3, 0.4) is 0 Å². The predicted octanol–water partition coefficient (Wildman–Crippen LogP) is 15.1. The van der Waals surface area contributed by atoms with Crippen molar-refractivity contribution in [3.8, 4) is 0 Å². The second-order valence-corrected chi connectivity index (χ2v) is 16.9. The molecule has 0 saturated carbocycles. The van der Waals surface area contributed by atoms with Gasteiger partial charge in [-0.2, -0.15) is 0 Å². The Balaban J connectivity index is 4.23. The first kappa shape index (κ1) is 52.4. The molecule has 0 N–H and O–H groups in total. The lowest BCUT2D eigenvalue weighted by Crippen LogP contribution is -2.30. The molecule has 0 aromatic heterocycles. The molecule has 0 aliphatic heterocycles. The van der Waals surface area contributed by atoms with Crippen molar-refractivity contribution in [2.24, 2.45) is 5.92 Å². The van der Waals surface area contributed by atoms with Crippen LogP contribution in [0.15, 0.2) is 0 Å². The first-order valence-electron chi connectivity index (χ1n) is 23.9. The summed E-state index contributed by atoms with van der Waals surface area (Å²) in [6.07, 6.45) is 42.5. The number of ether oxygens (including phenoxy) is 3. The number of carbonyl (C=O) groups excluding carboxylic acids is 3. The minimum Gasteiger partial charge on any atom is -0.462 e. The van der Waals surface area contributed by atoms with Gasteiger partial charge in [-0.25, -0.2) is 0 Å². The number of carbonyl (C=O) groups is 3. The second-order valence-electron chi connectivity index (χ2n) is 16.9. The van der Waals surface area contributed by atoms with E-state index < -0.39 is 6.10 Å². The van der Waals surface area contributed by atoms with Crippen molar-refractivity contribution < 1.29 is 28.6 Å². The summed E-state index contributed by atoms with van der Waals surface area (Å²) < 4.78 is 16.7. The number of unbranched alkanes of at least 4 members (excludes halogenated alkanes) is 30. The summed E-state index contributed by atoms with van der Waals surface area (Å²) in [5, 5.41) is 0. The van der Waals surface area contributed by atoms with Crippen LogP contribution in [0.2, 0.25) is 0 Å². The zero-order chi connectivity index (χ0) is 39.6. The zero-order valence-electron chi connectivity index (χ0n) is 36.7. The minimum atomic E-state index is -0.759. The SMILES string of the molecule is CCCCCCCCCCCCCCCCCCCCC(=O)O[C@H](COC(=O)CCCCCCCCCCC)COC(=O)CCCCCCCCC(C)C. The normalized spacial score (nSPS) is 11.9. The van der Waals surface area contributed by atoms with E-state index in [0.29, 0.717) is 19.3 Å². The Labute approximate surface area is 336 Å². The average molecular weight is 765 g/mol. The number of hydrogen-bond acceptors (Lipinski definition) is 6. The van der Waals surface area contributed by atoms with Gasteiger partial charge in [0.05, 0.1) is 0 Å². The number of hydrogen-bond donors (Lipinski definition) is 0. The third kappa shape index (κ3) is 41.6. The van der Waals surface area contributed by atoms with Crippen molar-refractivity contribution in [3.63, 3.8) is 0 Å². The molecule has 0 fully saturated rings. The molecule has 6 nitrogen and oxygen atoms in total. The monoisotopic (exact) mass is 765 g/mol. The lowest BCUT2D eigenvalue weighted by molar-refractivity contribution is -0.167. The van der Waals surface area contributed by atoms with Gasteiger partial charge in [0.15, 0.2) is 6.10 Å². The molecule has 0 amide bonds. The number of esters is 3. The fraction of sp³-hybridized carbons (Fsp3) is 0.938. The van der Waals surface area contributed by atoms with Gasteiger partial charge in [0, 0.05) is 19.3 Å². The molecule has 0 bridgehead atoms. The van der Waals surface area contributed by atoms with Crippen molar-refractivity contribution in [3.05, 3.63) is 0 Å². The standard InChI is InChI=1S/C48H92O6/c1-5-7-9-11-13-15-16-17-18-19-20-21-22-23-25-27-33-37-41-48(51)54-45(42-52-46(49)39-35-31-26-24-14-12-10-8-6-2)43-53-47(50)40-36-32-29-28-30-34-38-44(3)4/h44-45H,5-43H2,1-4H3/t45-/m1/s1. The second kappa shape index (κ2) is 42.6. The Kier molecular flexibility index (Phi) is 41.3. The van der Waals surface area contributed by atoms with Crippen LogP contribution in [0.4, 0.5) is 0 Å². The van der Waals surface area contributed by atoms with E-state index in [-0.39, 0.29) is 31.1 Å². The minimum absolute atomic E-state index is 0.0647. The van der Waals surface area contributed by atoms with E-state index in [1.807, 2.05) is 0 Å². The van der Waals surface area contributed by atoms with Gasteiger partial charge in [-0.1, -0.05) is 227 Å². The van der Waals surface area contributed by atoms with E-state index in [0.717, 1.165) is 63.7 Å². The summed E-state index contributed by atoms with van der Waals surface area (Å²) in [6, 6.07) is 0. The molecule has 6 heteroatoms. The van der Waals surface area contributed by atoms with Crippen LogP contribution in [-0.2, 0) is 28.6 Å². The van der Waals surface area contributed by atoms with Crippen molar-refractivity contribution in [2.45, 2.75) is 271 Å².